The third-order valence-corrected chi connectivity index (χ3v) is 4.03. The highest BCUT2D eigenvalue weighted by molar-refractivity contribution is 7.98. The summed E-state index contributed by atoms with van der Waals surface area (Å²) in [6.07, 6.45) is 2.00. The van der Waals surface area contributed by atoms with Crippen molar-refractivity contribution in [2.45, 2.75) is 4.90 Å². The molecule has 1 aromatic heterocycles. The average molecular weight is 300 g/mol. The Morgan fingerprint density at radius 3 is 2.75 bits per heavy atom. The summed E-state index contributed by atoms with van der Waals surface area (Å²) in [5.41, 5.74) is 9.37. The fourth-order valence-corrected chi connectivity index (χ4v) is 3.07. The lowest BCUT2D eigenvalue weighted by atomic mass is 10.1. The van der Waals surface area contributed by atoms with E-state index in [1.54, 1.807) is 16.4 Å². The van der Waals surface area contributed by atoms with Gasteiger partial charge in [-0.25, -0.2) is 4.68 Å². The van der Waals surface area contributed by atoms with Gasteiger partial charge in [-0.3, -0.25) is 0 Å². The Bertz CT molecular complexity index is 795. The molecule has 0 spiro atoms. The number of aromatic nitrogens is 3. The molecule has 0 aliphatic rings. The first-order valence-corrected chi connectivity index (χ1v) is 7.63. The molecule has 0 bridgehead atoms. The second-order valence-corrected chi connectivity index (χ2v) is 5.50. The molecule has 0 unspecified atom stereocenters. The monoisotopic (exact) mass is 300 g/mol. The summed E-state index contributed by atoms with van der Waals surface area (Å²) in [6, 6.07) is 13.7. The molecule has 100 valence electrons. The predicted molar refractivity (Wildman–Crippen MR) is 86.5 cm³/mol. The summed E-state index contributed by atoms with van der Waals surface area (Å²) >= 11 is 6.81. The van der Waals surface area contributed by atoms with E-state index in [4.69, 9.17) is 18.0 Å². The van der Waals surface area contributed by atoms with E-state index in [9.17, 15) is 0 Å². The largest absolute Gasteiger partial charge is 0.389 e. The Kier molecular flexibility index (Phi) is 3.42. The summed E-state index contributed by atoms with van der Waals surface area (Å²) in [4.78, 5) is 1.40. The van der Waals surface area contributed by atoms with Gasteiger partial charge in [-0.15, -0.1) is 16.9 Å². The van der Waals surface area contributed by atoms with Gasteiger partial charge in [0.1, 0.15) is 10.5 Å². The molecular formula is C14H12N4S2. The van der Waals surface area contributed by atoms with Crippen LogP contribution in [0.5, 0.6) is 0 Å². The lowest BCUT2D eigenvalue weighted by molar-refractivity contribution is 0.820. The van der Waals surface area contributed by atoms with Crippen LogP contribution >= 0.6 is 24.0 Å². The molecule has 0 radical (unpaired) electrons. The van der Waals surface area contributed by atoms with E-state index in [1.165, 1.54) is 0 Å². The number of nitrogens with two attached hydrogens (primary N) is 1. The van der Waals surface area contributed by atoms with Crippen LogP contribution in [0.25, 0.3) is 16.7 Å². The van der Waals surface area contributed by atoms with Gasteiger partial charge in [-0.1, -0.05) is 35.6 Å². The van der Waals surface area contributed by atoms with E-state index in [2.05, 4.69) is 10.3 Å². The van der Waals surface area contributed by atoms with Gasteiger partial charge < -0.3 is 5.73 Å². The highest BCUT2D eigenvalue weighted by Crippen LogP contribution is 2.27. The zero-order valence-corrected chi connectivity index (χ0v) is 12.4. The van der Waals surface area contributed by atoms with Gasteiger partial charge in [0.15, 0.2) is 0 Å². The Labute approximate surface area is 126 Å². The second-order valence-electron chi connectivity index (χ2n) is 4.21. The molecule has 0 atom stereocenters. The number of para-hydroxylation sites is 1. The van der Waals surface area contributed by atoms with Crippen molar-refractivity contribution in [3.63, 3.8) is 0 Å². The maximum Gasteiger partial charge on any atom is 0.113 e. The number of fused-ring (bicyclic) bond motifs is 1. The smallest absolute Gasteiger partial charge is 0.113 e. The predicted octanol–water partition coefficient (Wildman–Crippen LogP) is 2.78. The van der Waals surface area contributed by atoms with Crippen LogP contribution in [0.3, 0.4) is 0 Å². The van der Waals surface area contributed by atoms with Gasteiger partial charge in [0, 0.05) is 10.5 Å². The number of thioether (sulfide) groups is 1. The van der Waals surface area contributed by atoms with E-state index < -0.39 is 0 Å². The lowest BCUT2D eigenvalue weighted by Crippen LogP contribution is -2.15. The topological polar surface area (TPSA) is 56.7 Å². The normalized spacial score (nSPS) is 10.8. The van der Waals surface area contributed by atoms with Crippen LogP contribution in [-0.2, 0) is 0 Å². The lowest BCUT2D eigenvalue weighted by Gasteiger charge is -2.12. The fraction of sp³-hybridized carbons (Fsp3) is 0.0714. The molecule has 0 fully saturated rings. The third-order valence-electron chi connectivity index (χ3n) is 3.05. The number of benzene rings is 2. The van der Waals surface area contributed by atoms with Crippen molar-refractivity contribution in [1.29, 1.82) is 0 Å². The van der Waals surface area contributed by atoms with Gasteiger partial charge in [0.2, 0.25) is 0 Å². The third kappa shape index (κ3) is 2.07. The molecule has 0 saturated carbocycles. The summed E-state index contributed by atoms with van der Waals surface area (Å²) in [5, 5.41) is 8.40. The van der Waals surface area contributed by atoms with E-state index in [0.717, 1.165) is 27.2 Å². The number of hydrogen-bond donors (Lipinski definition) is 1. The van der Waals surface area contributed by atoms with Crippen LogP contribution < -0.4 is 5.73 Å². The van der Waals surface area contributed by atoms with E-state index >= 15 is 0 Å². The number of hydrogen-bond acceptors (Lipinski definition) is 4. The second kappa shape index (κ2) is 5.22. The first kappa shape index (κ1) is 13.1. The van der Waals surface area contributed by atoms with Gasteiger partial charge in [0.05, 0.1) is 11.2 Å². The van der Waals surface area contributed by atoms with Gasteiger partial charge in [-0.2, -0.15) is 0 Å². The summed E-state index contributed by atoms with van der Waals surface area (Å²) < 4.78 is 1.78. The Balaban J connectivity index is 2.32. The SMILES string of the molecule is CSc1cccc(-n2nnc3ccccc32)c1C(N)=S. The van der Waals surface area contributed by atoms with Crippen molar-refractivity contribution in [3.8, 4) is 5.69 Å². The molecule has 0 aliphatic heterocycles. The minimum Gasteiger partial charge on any atom is -0.389 e. The Morgan fingerprint density at radius 2 is 2.00 bits per heavy atom. The quantitative estimate of drug-likeness (QED) is 0.595. The highest BCUT2D eigenvalue weighted by atomic mass is 32.2. The fourth-order valence-electron chi connectivity index (χ4n) is 2.16. The van der Waals surface area contributed by atoms with Crippen LogP contribution in [0.15, 0.2) is 47.4 Å². The minimum atomic E-state index is 0.365. The van der Waals surface area contributed by atoms with E-state index in [1.807, 2.05) is 48.7 Å². The van der Waals surface area contributed by atoms with Gasteiger partial charge >= 0.3 is 0 Å². The highest BCUT2D eigenvalue weighted by Gasteiger charge is 2.15. The summed E-state index contributed by atoms with van der Waals surface area (Å²) in [7, 11) is 0. The summed E-state index contributed by atoms with van der Waals surface area (Å²) in [6.45, 7) is 0. The molecule has 0 aliphatic carbocycles. The van der Waals surface area contributed by atoms with Gasteiger partial charge in [-0.05, 0) is 30.5 Å². The van der Waals surface area contributed by atoms with Crippen molar-refractivity contribution >= 4 is 40.0 Å². The molecule has 4 nitrogen and oxygen atoms in total. The van der Waals surface area contributed by atoms with Crippen molar-refractivity contribution in [2.24, 2.45) is 5.73 Å². The van der Waals surface area contributed by atoms with Crippen LogP contribution in [0.4, 0.5) is 0 Å². The summed E-state index contributed by atoms with van der Waals surface area (Å²) in [5.74, 6) is 0. The number of rotatable bonds is 3. The first-order chi connectivity index (χ1) is 9.72. The Morgan fingerprint density at radius 1 is 1.20 bits per heavy atom. The molecule has 0 amide bonds. The van der Waals surface area contributed by atoms with E-state index in [-0.39, 0.29) is 0 Å². The first-order valence-electron chi connectivity index (χ1n) is 6.00. The average Bonchev–Trinajstić information content (AvgIpc) is 2.90. The molecule has 3 aromatic rings. The van der Waals surface area contributed by atoms with Crippen LogP contribution in [0, 0.1) is 0 Å². The zero-order chi connectivity index (χ0) is 14.1. The van der Waals surface area contributed by atoms with Crippen molar-refractivity contribution < 1.29 is 0 Å². The van der Waals surface area contributed by atoms with Crippen LogP contribution in [0.2, 0.25) is 0 Å². The molecule has 20 heavy (non-hydrogen) atoms. The van der Waals surface area contributed by atoms with Crippen LogP contribution in [0.1, 0.15) is 5.56 Å². The molecular weight excluding hydrogens is 288 g/mol. The van der Waals surface area contributed by atoms with E-state index in [0.29, 0.717) is 4.99 Å². The standard InChI is InChI=1S/C14H12N4S2/c1-20-12-8-4-7-11(13(12)14(15)19)18-10-6-3-2-5-9(10)16-17-18/h2-8H,1H3,(H2,15,19). The maximum absolute atomic E-state index is 5.90. The molecule has 2 aromatic carbocycles. The van der Waals surface area contributed by atoms with Gasteiger partial charge in [0.25, 0.3) is 0 Å². The molecule has 0 saturated heterocycles. The van der Waals surface area contributed by atoms with Crippen molar-refractivity contribution in [1.82, 2.24) is 15.0 Å². The Hall–Kier alpha value is -1.92. The molecule has 6 heteroatoms. The molecule has 2 N–H and O–H groups in total. The minimum absolute atomic E-state index is 0.365. The number of nitrogens with zero attached hydrogens (tertiary/aromatic N) is 3. The molecule has 3 rings (SSSR count). The van der Waals surface area contributed by atoms with Crippen molar-refractivity contribution in [3.05, 3.63) is 48.0 Å². The molecule has 1 heterocycles. The van der Waals surface area contributed by atoms with Crippen molar-refractivity contribution in [2.75, 3.05) is 6.26 Å². The van der Waals surface area contributed by atoms with Crippen LogP contribution in [-0.4, -0.2) is 26.2 Å². The maximum atomic E-state index is 5.90. The number of thiocarbonyl (C=S) groups is 1. The zero-order valence-electron chi connectivity index (χ0n) is 10.8.